The van der Waals surface area contributed by atoms with E-state index in [1.54, 1.807) is 0 Å². The highest BCUT2D eigenvalue weighted by Crippen LogP contribution is 2.24. The van der Waals surface area contributed by atoms with E-state index < -0.39 is 0 Å². The molecule has 0 aliphatic rings. The van der Waals surface area contributed by atoms with E-state index in [9.17, 15) is 4.79 Å². The molecule has 3 heteroatoms. The molecule has 0 amide bonds. The van der Waals surface area contributed by atoms with Crippen molar-refractivity contribution in [3.63, 3.8) is 0 Å². The Hall–Kier alpha value is -2.68. The molecule has 3 nitrogen and oxygen atoms in total. The van der Waals surface area contributed by atoms with E-state index in [0.717, 1.165) is 28.9 Å². The van der Waals surface area contributed by atoms with Crippen molar-refractivity contribution in [2.24, 2.45) is 0 Å². The van der Waals surface area contributed by atoms with Crippen molar-refractivity contribution in [3.05, 3.63) is 71.9 Å². The average Bonchev–Trinajstić information content (AvgIpc) is 2.98. The molecule has 0 radical (unpaired) electrons. The summed E-state index contributed by atoms with van der Waals surface area (Å²) in [6.45, 7) is 2.08. The van der Waals surface area contributed by atoms with E-state index in [1.807, 2.05) is 35.0 Å². The second kappa shape index (κ2) is 6.39. The third kappa shape index (κ3) is 2.98. The second-order valence-electron chi connectivity index (χ2n) is 5.34. The lowest BCUT2D eigenvalue weighted by Gasteiger charge is -2.07. The molecule has 0 aliphatic heterocycles. The van der Waals surface area contributed by atoms with Crippen molar-refractivity contribution in [1.29, 1.82) is 0 Å². The fourth-order valence-corrected chi connectivity index (χ4v) is 2.46. The molecule has 2 aromatic carbocycles. The predicted octanol–water partition coefficient (Wildman–Crippen LogP) is 3.98. The van der Waals surface area contributed by atoms with Crippen LogP contribution in [0, 0.1) is 6.92 Å². The van der Waals surface area contributed by atoms with Gasteiger partial charge in [-0.05, 0) is 31.5 Å². The first kappa shape index (κ1) is 14.3. The molecule has 3 rings (SSSR count). The van der Waals surface area contributed by atoms with Crippen LogP contribution in [-0.2, 0) is 11.2 Å². The van der Waals surface area contributed by atoms with Crippen molar-refractivity contribution in [2.75, 3.05) is 0 Å². The topological polar surface area (TPSA) is 34.9 Å². The zero-order chi connectivity index (χ0) is 15.4. The van der Waals surface area contributed by atoms with Crippen molar-refractivity contribution < 1.29 is 4.79 Å². The number of hydrogen-bond acceptors (Lipinski definition) is 2. The Balaban J connectivity index is 2.08. The molecule has 110 valence electrons. The van der Waals surface area contributed by atoms with Crippen LogP contribution in [0.2, 0.25) is 0 Å². The summed E-state index contributed by atoms with van der Waals surface area (Å²) >= 11 is 0. The number of aromatic nitrogens is 2. The van der Waals surface area contributed by atoms with Crippen molar-refractivity contribution in [3.8, 4) is 16.9 Å². The van der Waals surface area contributed by atoms with E-state index >= 15 is 0 Å². The van der Waals surface area contributed by atoms with Gasteiger partial charge in [0.2, 0.25) is 0 Å². The van der Waals surface area contributed by atoms with E-state index in [-0.39, 0.29) is 0 Å². The Labute approximate surface area is 130 Å². The summed E-state index contributed by atoms with van der Waals surface area (Å²) in [5.74, 6) is 0. The fraction of sp³-hybridized carbons (Fsp3) is 0.158. The summed E-state index contributed by atoms with van der Waals surface area (Å²) in [5, 5.41) is 4.67. The van der Waals surface area contributed by atoms with E-state index in [2.05, 4.69) is 42.4 Å². The number of hydrogen-bond donors (Lipinski definition) is 0. The third-order valence-electron chi connectivity index (χ3n) is 3.63. The lowest BCUT2D eigenvalue weighted by Crippen LogP contribution is -1.99. The smallest absolute Gasteiger partial charge is 0.120 e. The second-order valence-corrected chi connectivity index (χ2v) is 5.34. The van der Waals surface area contributed by atoms with E-state index in [0.29, 0.717) is 12.8 Å². The Morgan fingerprint density at radius 2 is 1.77 bits per heavy atom. The van der Waals surface area contributed by atoms with Crippen molar-refractivity contribution in [1.82, 2.24) is 9.78 Å². The number of carbonyl (C=O) groups is 1. The van der Waals surface area contributed by atoms with Gasteiger partial charge in [0.1, 0.15) is 6.29 Å². The fourth-order valence-electron chi connectivity index (χ4n) is 2.46. The third-order valence-corrected chi connectivity index (χ3v) is 3.63. The number of aryl methyl sites for hydroxylation is 2. The van der Waals surface area contributed by atoms with Gasteiger partial charge in [-0.2, -0.15) is 5.10 Å². The maximum absolute atomic E-state index is 10.6. The monoisotopic (exact) mass is 290 g/mol. The van der Waals surface area contributed by atoms with Crippen LogP contribution in [0.1, 0.15) is 17.7 Å². The Kier molecular flexibility index (Phi) is 4.15. The highest BCUT2D eigenvalue weighted by atomic mass is 16.1. The van der Waals surface area contributed by atoms with Crippen molar-refractivity contribution in [2.45, 2.75) is 19.8 Å². The molecule has 1 aromatic heterocycles. The first-order valence-electron chi connectivity index (χ1n) is 7.43. The van der Waals surface area contributed by atoms with Crippen LogP contribution in [0.4, 0.5) is 0 Å². The van der Waals surface area contributed by atoms with E-state index in [4.69, 9.17) is 0 Å². The highest BCUT2D eigenvalue weighted by Gasteiger charge is 2.11. The maximum Gasteiger partial charge on any atom is 0.120 e. The predicted molar refractivity (Wildman–Crippen MR) is 88.1 cm³/mol. The summed E-state index contributed by atoms with van der Waals surface area (Å²) < 4.78 is 1.95. The Morgan fingerprint density at radius 3 is 2.45 bits per heavy atom. The number of rotatable bonds is 5. The standard InChI is InChI=1S/C19H18N2O/c1-15-9-11-16(12-10-15)19-14-17(6-5-13-22)20-21(19)18-7-3-2-4-8-18/h2-4,7-14H,5-6H2,1H3. The van der Waals surface area contributed by atoms with E-state index in [1.165, 1.54) is 5.56 Å². The molecular weight excluding hydrogens is 272 g/mol. The Bertz CT molecular complexity index is 758. The summed E-state index contributed by atoms with van der Waals surface area (Å²) in [7, 11) is 0. The van der Waals surface area contributed by atoms with Gasteiger partial charge in [0.25, 0.3) is 0 Å². The average molecular weight is 290 g/mol. The van der Waals surface area contributed by atoms with Gasteiger partial charge in [-0.25, -0.2) is 4.68 Å². The zero-order valence-corrected chi connectivity index (χ0v) is 12.6. The largest absolute Gasteiger partial charge is 0.303 e. The summed E-state index contributed by atoms with van der Waals surface area (Å²) in [6, 6.07) is 20.5. The van der Waals surface area contributed by atoms with Gasteiger partial charge in [0, 0.05) is 12.0 Å². The molecule has 1 heterocycles. The van der Waals surface area contributed by atoms with Crippen LogP contribution in [0.25, 0.3) is 16.9 Å². The minimum Gasteiger partial charge on any atom is -0.303 e. The van der Waals surface area contributed by atoms with Gasteiger partial charge in [-0.15, -0.1) is 0 Å². The Morgan fingerprint density at radius 1 is 1.05 bits per heavy atom. The molecule has 22 heavy (non-hydrogen) atoms. The summed E-state index contributed by atoms with van der Waals surface area (Å²) in [6.07, 6.45) is 2.11. The van der Waals surface area contributed by atoms with Crippen LogP contribution in [-0.4, -0.2) is 16.1 Å². The molecule has 0 spiro atoms. The summed E-state index contributed by atoms with van der Waals surface area (Å²) in [4.78, 5) is 10.6. The number of carbonyl (C=O) groups excluding carboxylic acids is 1. The first-order chi connectivity index (χ1) is 10.8. The minimum atomic E-state index is 0.499. The lowest BCUT2D eigenvalue weighted by molar-refractivity contribution is -0.107. The molecule has 0 fully saturated rings. The molecular formula is C19H18N2O. The van der Waals surface area contributed by atoms with Gasteiger partial charge in [0.05, 0.1) is 17.1 Å². The molecule has 0 atom stereocenters. The molecule has 0 N–H and O–H groups in total. The van der Waals surface area contributed by atoms with Crippen LogP contribution in [0.3, 0.4) is 0 Å². The van der Waals surface area contributed by atoms with Crippen molar-refractivity contribution >= 4 is 6.29 Å². The zero-order valence-electron chi connectivity index (χ0n) is 12.6. The molecule has 3 aromatic rings. The van der Waals surface area contributed by atoms with Gasteiger partial charge >= 0.3 is 0 Å². The van der Waals surface area contributed by atoms with Gasteiger partial charge in [-0.1, -0.05) is 48.0 Å². The lowest BCUT2D eigenvalue weighted by atomic mass is 10.1. The maximum atomic E-state index is 10.6. The molecule has 0 saturated carbocycles. The van der Waals surface area contributed by atoms with Crippen LogP contribution in [0.15, 0.2) is 60.7 Å². The number of benzene rings is 2. The minimum absolute atomic E-state index is 0.499. The van der Waals surface area contributed by atoms with Crippen LogP contribution < -0.4 is 0 Å². The number of aldehydes is 1. The van der Waals surface area contributed by atoms with Crippen LogP contribution in [0.5, 0.6) is 0 Å². The quantitative estimate of drug-likeness (QED) is 0.666. The SMILES string of the molecule is Cc1ccc(-c2cc(CCC=O)nn2-c2ccccc2)cc1. The number of para-hydroxylation sites is 1. The summed E-state index contributed by atoms with van der Waals surface area (Å²) in [5.41, 5.74) is 5.36. The molecule has 0 unspecified atom stereocenters. The first-order valence-corrected chi connectivity index (χ1v) is 7.43. The van der Waals surface area contributed by atoms with Gasteiger partial charge < -0.3 is 4.79 Å². The molecule has 0 saturated heterocycles. The molecule has 0 bridgehead atoms. The van der Waals surface area contributed by atoms with Gasteiger partial charge in [0.15, 0.2) is 0 Å². The highest BCUT2D eigenvalue weighted by molar-refractivity contribution is 5.63. The van der Waals surface area contributed by atoms with Gasteiger partial charge in [-0.3, -0.25) is 0 Å². The normalized spacial score (nSPS) is 10.6. The van der Waals surface area contributed by atoms with Crippen LogP contribution >= 0.6 is 0 Å². The molecule has 0 aliphatic carbocycles. The number of nitrogens with zero attached hydrogens (tertiary/aromatic N) is 2.